The van der Waals surface area contributed by atoms with Gasteiger partial charge in [0.05, 0.1) is 6.61 Å². The van der Waals surface area contributed by atoms with Crippen molar-refractivity contribution in [1.29, 1.82) is 0 Å². The molecule has 1 heterocycles. The molecule has 0 saturated carbocycles. The number of amides is 1. The van der Waals surface area contributed by atoms with Crippen LogP contribution in [0.25, 0.3) is 22.6 Å². The standard InChI is InChI=1S/C33H35N3O7/c1-22(2)36(21-24-9-7-12-29(19-24)41-18-6-4-5-13-30(37)43-33(39)40)32(38)26-16-14-25(15-17-26)27-10-8-11-28(20-27)31-35-34-23(3)42-31/h7-12,14-17,19-20,22H,4-6,13,18,21H2,1-3H3,(H,39,40). The van der Waals surface area contributed by atoms with Crippen LogP contribution < -0.4 is 4.74 Å². The van der Waals surface area contributed by atoms with Crippen molar-refractivity contribution in [2.75, 3.05) is 6.61 Å². The summed E-state index contributed by atoms with van der Waals surface area (Å²) in [4.78, 5) is 37.0. The van der Waals surface area contributed by atoms with Gasteiger partial charge < -0.3 is 23.9 Å². The second kappa shape index (κ2) is 14.8. The van der Waals surface area contributed by atoms with E-state index in [-0.39, 0.29) is 18.4 Å². The molecular formula is C33H35N3O7. The fraction of sp³-hybridized carbons (Fsp3) is 0.303. The average Bonchev–Trinajstić information content (AvgIpc) is 3.43. The predicted octanol–water partition coefficient (Wildman–Crippen LogP) is 6.92. The van der Waals surface area contributed by atoms with E-state index in [9.17, 15) is 14.4 Å². The van der Waals surface area contributed by atoms with Crippen molar-refractivity contribution in [1.82, 2.24) is 15.1 Å². The van der Waals surface area contributed by atoms with E-state index >= 15 is 0 Å². The highest BCUT2D eigenvalue weighted by Gasteiger charge is 2.20. The summed E-state index contributed by atoms with van der Waals surface area (Å²) in [6, 6.07) is 23.0. The zero-order valence-electron chi connectivity index (χ0n) is 24.5. The van der Waals surface area contributed by atoms with Gasteiger partial charge in [0.2, 0.25) is 11.8 Å². The number of esters is 1. The number of carboxylic acid groups (broad SMARTS) is 1. The minimum Gasteiger partial charge on any atom is -0.494 e. The molecule has 10 nitrogen and oxygen atoms in total. The summed E-state index contributed by atoms with van der Waals surface area (Å²) in [7, 11) is 0. The molecule has 0 spiro atoms. The van der Waals surface area contributed by atoms with E-state index in [1.807, 2.05) is 91.5 Å². The molecule has 0 unspecified atom stereocenters. The topological polar surface area (TPSA) is 132 Å². The molecule has 0 aliphatic rings. The lowest BCUT2D eigenvalue weighted by Crippen LogP contribution is -2.36. The van der Waals surface area contributed by atoms with Crippen LogP contribution in [0.2, 0.25) is 0 Å². The SMILES string of the molecule is Cc1nnc(-c2cccc(-c3ccc(C(=O)N(Cc4cccc(OCCCCCC(=O)OC(=O)O)c4)C(C)C)cc3)c2)o1. The van der Waals surface area contributed by atoms with Crippen LogP contribution in [0.1, 0.15) is 61.3 Å². The molecular weight excluding hydrogens is 550 g/mol. The molecule has 10 heteroatoms. The first-order chi connectivity index (χ1) is 20.7. The van der Waals surface area contributed by atoms with Crippen LogP contribution >= 0.6 is 0 Å². The van der Waals surface area contributed by atoms with Crippen molar-refractivity contribution in [3.05, 3.63) is 89.8 Å². The molecule has 1 aromatic heterocycles. The highest BCUT2D eigenvalue weighted by molar-refractivity contribution is 5.95. The number of rotatable bonds is 13. The quantitative estimate of drug-likeness (QED) is 0.101. The number of carbonyl (C=O) groups is 3. The molecule has 1 amide bonds. The summed E-state index contributed by atoms with van der Waals surface area (Å²) in [5.41, 5.74) is 4.32. The number of benzene rings is 3. The van der Waals surface area contributed by atoms with Crippen LogP contribution in [0.5, 0.6) is 5.75 Å². The summed E-state index contributed by atoms with van der Waals surface area (Å²) in [5, 5.41) is 16.4. The van der Waals surface area contributed by atoms with Gasteiger partial charge >= 0.3 is 12.1 Å². The third kappa shape index (κ3) is 9.00. The highest BCUT2D eigenvalue weighted by atomic mass is 16.7. The molecule has 0 fully saturated rings. The van der Waals surface area contributed by atoms with Crippen molar-refractivity contribution < 1.29 is 33.4 Å². The first-order valence-electron chi connectivity index (χ1n) is 14.2. The van der Waals surface area contributed by atoms with Crippen molar-refractivity contribution in [3.8, 4) is 28.3 Å². The maximum absolute atomic E-state index is 13.5. The number of hydrogen-bond acceptors (Lipinski definition) is 8. The van der Waals surface area contributed by atoms with E-state index in [4.69, 9.17) is 14.3 Å². The van der Waals surface area contributed by atoms with Gasteiger partial charge in [-0.2, -0.15) is 0 Å². The third-order valence-corrected chi connectivity index (χ3v) is 6.73. The number of unbranched alkanes of at least 4 members (excludes halogenated alkanes) is 2. The Morgan fingerprint density at radius 1 is 0.884 bits per heavy atom. The Bertz CT molecular complexity index is 1550. The van der Waals surface area contributed by atoms with Crippen LogP contribution in [0.3, 0.4) is 0 Å². The molecule has 4 rings (SSSR count). The lowest BCUT2D eigenvalue weighted by atomic mass is 10.0. The molecule has 43 heavy (non-hydrogen) atoms. The van der Waals surface area contributed by atoms with Gasteiger partial charge in [-0.25, -0.2) is 4.79 Å². The van der Waals surface area contributed by atoms with Crippen LogP contribution in [-0.4, -0.2) is 50.9 Å². The molecule has 0 aliphatic heterocycles. The van der Waals surface area contributed by atoms with Gasteiger partial charge in [-0.3, -0.25) is 9.59 Å². The molecule has 224 valence electrons. The van der Waals surface area contributed by atoms with Crippen molar-refractivity contribution in [3.63, 3.8) is 0 Å². The normalized spacial score (nSPS) is 10.9. The van der Waals surface area contributed by atoms with Crippen LogP contribution in [0.4, 0.5) is 4.79 Å². The van der Waals surface area contributed by atoms with Crippen molar-refractivity contribution in [2.24, 2.45) is 0 Å². The lowest BCUT2D eigenvalue weighted by molar-refractivity contribution is -0.139. The number of hydrogen-bond donors (Lipinski definition) is 1. The van der Waals surface area contributed by atoms with E-state index in [1.165, 1.54) is 0 Å². The number of carbonyl (C=O) groups excluding carboxylic acids is 2. The number of ether oxygens (including phenoxy) is 2. The number of aryl methyl sites for hydroxylation is 1. The average molecular weight is 586 g/mol. The predicted molar refractivity (Wildman–Crippen MR) is 159 cm³/mol. The van der Waals surface area contributed by atoms with Gasteiger partial charge in [-0.15, -0.1) is 10.2 Å². The zero-order valence-corrected chi connectivity index (χ0v) is 24.5. The fourth-order valence-corrected chi connectivity index (χ4v) is 4.52. The Labute approximate surface area is 250 Å². The molecule has 0 aliphatic carbocycles. The van der Waals surface area contributed by atoms with Crippen molar-refractivity contribution >= 4 is 18.0 Å². The molecule has 0 bridgehead atoms. The van der Waals surface area contributed by atoms with E-state index in [0.717, 1.165) is 22.3 Å². The summed E-state index contributed by atoms with van der Waals surface area (Å²) in [6.45, 7) is 6.61. The lowest BCUT2D eigenvalue weighted by Gasteiger charge is -2.27. The molecule has 0 radical (unpaired) electrons. The van der Waals surface area contributed by atoms with Crippen LogP contribution in [-0.2, 0) is 16.1 Å². The first kappa shape index (κ1) is 31.0. The van der Waals surface area contributed by atoms with Gasteiger partial charge in [-0.1, -0.05) is 36.4 Å². The fourth-order valence-electron chi connectivity index (χ4n) is 4.52. The summed E-state index contributed by atoms with van der Waals surface area (Å²) < 4.78 is 15.5. The third-order valence-electron chi connectivity index (χ3n) is 6.73. The minimum absolute atomic E-state index is 0.0286. The zero-order chi connectivity index (χ0) is 30.8. The monoisotopic (exact) mass is 585 g/mol. The number of aromatic nitrogens is 2. The van der Waals surface area contributed by atoms with E-state index in [0.29, 0.717) is 55.5 Å². The van der Waals surface area contributed by atoms with Gasteiger partial charge in [0, 0.05) is 37.1 Å². The maximum Gasteiger partial charge on any atom is 0.513 e. The van der Waals surface area contributed by atoms with E-state index in [1.54, 1.807) is 6.92 Å². The Morgan fingerprint density at radius 2 is 1.63 bits per heavy atom. The molecule has 3 aromatic carbocycles. The minimum atomic E-state index is -1.58. The van der Waals surface area contributed by atoms with E-state index < -0.39 is 12.1 Å². The second-order valence-electron chi connectivity index (χ2n) is 10.4. The Kier molecular flexibility index (Phi) is 10.6. The highest BCUT2D eigenvalue weighted by Crippen LogP contribution is 2.27. The van der Waals surface area contributed by atoms with Gasteiger partial charge in [0.1, 0.15) is 5.75 Å². The first-order valence-corrected chi connectivity index (χ1v) is 14.2. The van der Waals surface area contributed by atoms with Gasteiger partial charge in [0.15, 0.2) is 0 Å². The van der Waals surface area contributed by atoms with Crippen molar-refractivity contribution in [2.45, 2.75) is 59.0 Å². The van der Waals surface area contributed by atoms with Gasteiger partial charge in [0.25, 0.3) is 5.91 Å². The number of nitrogens with zero attached hydrogens (tertiary/aromatic N) is 3. The molecule has 1 N–H and O–H groups in total. The largest absolute Gasteiger partial charge is 0.513 e. The van der Waals surface area contributed by atoms with E-state index in [2.05, 4.69) is 14.9 Å². The smallest absolute Gasteiger partial charge is 0.494 e. The maximum atomic E-state index is 13.5. The van der Waals surface area contributed by atoms with Crippen LogP contribution in [0, 0.1) is 6.92 Å². The summed E-state index contributed by atoms with van der Waals surface area (Å²) in [6.07, 6.45) is 0.399. The molecule has 4 aromatic rings. The summed E-state index contributed by atoms with van der Waals surface area (Å²) in [5.74, 6) is 0.853. The van der Waals surface area contributed by atoms with Gasteiger partial charge in [-0.05, 0) is 86.2 Å². The molecule has 0 saturated heterocycles. The van der Waals surface area contributed by atoms with Crippen LogP contribution in [0.15, 0.2) is 77.2 Å². The Morgan fingerprint density at radius 3 is 2.33 bits per heavy atom. The molecule has 0 atom stereocenters. The Hall–Kier alpha value is -4.99. The summed E-state index contributed by atoms with van der Waals surface area (Å²) >= 11 is 0. The Balaban J connectivity index is 1.34. The second-order valence-corrected chi connectivity index (χ2v) is 10.4.